The van der Waals surface area contributed by atoms with Crippen LogP contribution in [-0.4, -0.2) is 44.4 Å². The van der Waals surface area contributed by atoms with Gasteiger partial charge in [0.05, 0.1) is 0 Å². The maximum Gasteiger partial charge on any atom is 0.247 e. The van der Waals surface area contributed by atoms with Crippen molar-refractivity contribution in [3.8, 4) is 0 Å². The lowest BCUT2D eigenvalue weighted by Crippen LogP contribution is -2.07. The first kappa shape index (κ1) is 18.1. The Morgan fingerprint density at radius 3 is 2.15 bits per heavy atom. The zero-order valence-electron chi connectivity index (χ0n) is 14.8. The van der Waals surface area contributed by atoms with Crippen LogP contribution in [0, 0.1) is 0 Å². The Morgan fingerprint density at radius 1 is 0.815 bits per heavy atom. The zero-order chi connectivity index (χ0) is 18.3. The van der Waals surface area contributed by atoms with Crippen molar-refractivity contribution >= 4 is 58.2 Å². The molecule has 0 saturated carbocycles. The van der Waals surface area contributed by atoms with Gasteiger partial charge in [0.25, 0.3) is 0 Å². The quantitative estimate of drug-likeness (QED) is 0.632. The molecule has 3 N–H and O–H groups in total. The highest BCUT2D eigenvalue weighted by Gasteiger charge is 2.11. The average Bonchev–Trinajstić information content (AvgIpc) is 3.39. The van der Waals surface area contributed by atoms with Crippen LogP contribution in [0.1, 0.15) is 12.8 Å². The Hall–Kier alpha value is -2.26. The van der Waals surface area contributed by atoms with Crippen molar-refractivity contribution in [2.24, 2.45) is 10.2 Å². The highest BCUT2D eigenvalue weighted by Crippen LogP contribution is 2.21. The second kappa shape index (κ2) is 9.09. The van der Waals surface area contributed by atoms with E-state index in [9.17, 15) is 0 Å². The van der Waals surface area contributed by atoms with Crippen molar-refractivity contribution < 1.29 is 0 Å². The van der Waals surface area contributed by atoms with Crippen molar-refractivity contribution in [1.29, 1.82) is 0 Å². The van der Waals surface area contributed by atoms with Crippen LogP contribution in [-0.2, 0) is 0 Å². The molecular weight excluding hydrogens is 378 g/mol. The standard InChI is InChI=1S/C18H21N7S2/c1-2-4-13(5-3-1)19-16-10-17(24-22-14-6-8-26-11-14)21-18(20-16)25-23-15-7-9-27-12-15/h1-5,10H,6-9,11-12H2,(H3,19,20,21,24,25). The van der Waals surface area contributed by atoms with E-state index in [1.807, 2.05) is 59.9 Å². The number of hydrogen-bond acceptors (Lipinski definition) is 9. The molecule has 2 aliphatic rings. The minimum absolute atomic E-state index is 0.448. The number of anilines is 4. The van der Waals surface area contributed by atoms with Gasteiger partial charge in [0.1, 0.15) is 5.82 Å². The molecule has 9 heteroatoms. The van der Waals surface area contributed by atoms with Gasteiger partial charge in [0.15, 0.2) is 5.82 Å². The third-order valence-electron chi connectivity index (χ3n) is 4.02. The summed E-state index contributed by atoms with van der Waals surface area (Å²) < 4.78 is 0. The highest BCUT2D eigenvalue weighted by molar-refractivity contribution is 8.00. The molecule has 2 aromatic rings. The van der Waals surface area contributed by atoms with Crippen LogP contribution in [0.4, 0.5) is 23.3 Å². The van der Waals surface area contributed by atoms with E-state index in [1.165, 1.54) is 0 Å². The van der Waals surface area contributed by atoms with Crippen LogP contribution >= 0.6 is 23.5 Å². The normalized spacial score (nSPS) is 19.6. The fraction of sp³-hybridized carbons (Fsp3) is 0.333. The van der Waals surface area contributed by atoms with Crippen molar-refractivity contribution in [3.05, 3.63) is 36.4 Å². The maximum absolute atomic E-state index is 4.53. The first-order valence-corrected chi connectivity index (χ1v) is 11.2. The van der Waals surface area contributed by atoms with E-state index in [-0.39, 0.29) is 0 Å². The van der Waals surface area contributed by atoms with Gasteiger partial charge in [-0.2, -0.15) is 43.7 Å². The fourth-order valence-corrected chi connectivity index (χ4v) is 4.57. The smallest absolute Gasteiger partial charge is 0.247 e. The third-order valence-corrected chi connectivity index (χ3v) is 6.08. The number of hydrogen-bond donors (Lipinski definition) is 3. The summed E-state index contributed by atoms with van der Waals surface area (Å²) in [6.07, 6.45) is 2.03. The van der Waals surface area contributed by atoms with Crippen LogP contribution in [0.15, 0.2) is 46.6 Å². The van der Waals surface area contributed by atoms with E-state index < -0.39 is 0 Å². The van der Waals surface area contributed by atoms with Gasteiger partial charge in [-0.1, -0.05) is 18.2 Å². The number of nitrogens with one attached hydrogen (secondary N) is 3. The summed E-state index contributed by atoms with van der Waals surface area (Å²) in [5.41, 5.74) is 9.34. The minimum Gasteiger partial charge on any atom is -0.340 e. The number of para-hydroxylation sites is 1. The van der Waals surface area contributed by atoms with Crippen LogP contribution < -0.4 is 16.2 Å². The summed E-state index contributed by atoms with van der Waals surface area (Å²) in [4.78, 5) is 9.03. The predicted molar refractivity (Wildman–Crippen MR) is 118 cm³/mol. The summed E-state index contributed by atoms with van der Waals surface area (Å²) >= 11 is 3.79. The molecule has 2 saturated heterocycles. The molecule has 0 bridgehead atoms. The molecule has 2 fully saturated rings. The Morgan fingerprint density at radius 2 is 1.48 bits per heavy atom. The molecule has 1 aromatic heterocycles. The second-order valence-corrected chi connectivity index (χ2v) is 8.35. The summed E-state index contributed by atoms with van der Waals surface area (Å²) in [5, 5.41) is 12.2. The molecule has 3 heterocycles. The van der Waals surface area contributed by atoms with Gasteiger partial charge in [-0.05, 0) is 36.5 Å². The Kier molecular flexibility index (Phi) is 6.10. The monoisotopic (exact) mass is 399 g/mol. The molecule has 0 aliphatic carbocycles. The molecule has 0 spiro atoms. The molecule has 27 heavy (non-hydrogen) atoms. The number of aromatic nitrogens is 2. The number of thioether (sulfide) groups is 2. The van der Waals surface area contributed by atoms with E-state index in [1.54, 1.807) is 0 Å². The van der Waals surface area contributed by atoms with Crippen LogP contribution in [0.25, 0.3) is 0 Å². The van der Waals surface area contributed by atoms with Gasteiger partial charge in [-0.25, -0.2) is 5.43 Å². The van der Waals surface area contributed by atoms with E-state index in [0.29, 0.717) is 17.6 Å². The number of benzene rings is 1. The summed E-state index contributed by atoms with van der Waals surface area (Å²) in [6, 6.07) is 11.8. The minimum atomic E-state index is 0.448. The van der Waals surface area contributed by atoms with Gasteiger partial charge < -0.3 is 5.32 Å². The Bertz CT molecular complexity index is 777. The Labute approximate surface area is 166 Å². The lowest BCUT2D eigenvalue weighted by atomic mass is 10.3. The second-order valence-electron chi connectivity index (χ2n) is 6.14. The molecule has 0 unspecified atom stereocenters. The van der Waals surface area contributed by atoms with E-state index in [4.69, 9.17) is 0 Å². The molecule has 140 valence electrons. The average molecular weight is 400 g/mol. The number of rotatable bonds is 6. The van der Waals surface area contributed by atoms with Gasteiger partial charge in [0, 0.05) is 34.7 Å². The van der Waals surface area contributed by atoms with Crippen LogP contribution in [0.5, 0.6) is 0 Å². The predicted octanol–water partition coefficient (Wildman–Crippen LogP) is 4.03. The van der Waals surface area contributed by atoms with Crippen molar-refractivity contribution in [2.45, 2.75) is 12.8 Å². The number of nitrogens with zero attached hydrogens (tertiary/aromatic N) is 4. The van der Waals surface area contributed by atoms with Crippen LogP contribution in [0.3, 0.4) is 0 Å². The van der Waals surface area contributed by atoms with E-state index in [0.717, 1.165) is 53.0 Å². The summed E-state index contributed by atoms with van der Waals surface area (Å²) in [6.45, 7) is 0. The van der Waals surface area contributed by atoms with Gasteiger partial charge in [-0.15, -0.1) is 0 Å². The lowest BCUT2D eigenvalue weighted by molar-refractivity contribution is 1.09. The van der Waals surface area contributed by atoms with Crippen LogP contribution in [0.2, 0.25) is 0 Å². The van der Waals surface area contributed by atoms with E-state index in [2.05, 4.69) is 36.3 Å². The third kappa shape index (κ3) is 5.36. The first-order valence-electron chi connectivity index (χ1n) is 8.85. The maximum atomic E-state index is 4.53. The topological polar surface area (TPSA) is 86.6 Å². The Balaban J connectivity index is 1.54. The molecule has 0 atom stereocenters. The lowest BCUT2D eigenvalue weighted by Gasteiger charge is -2.10. The van der Waals surface area contributed by atoms with Crippen molar-refractivity contribution in [1.82, 2.24) is 9.97 Å². The van der Waals surface area contributed by atoms with Gasteiger partial charge in [0.2, 0.25) is 5.95 Å². The SMILES string of the molecule is c1ccc(Nc2cc(NN=C3CCSC3)nc(NN=C3CCSC3)n2)cc1. The first-order chi connectivity index (χ1) is 13.3. The van der Waals surface area contributed by atoms with Crippen molar-refractivity contribution in [2.75, 3.05) is 39.2 Å². The molecule has 0 radical (unpaired) electrons. The molecule has 7 nitrogen and oxygen atoms in total. The zero-order valence-corrected chi connectivity index (χ0v) is 16.4. The molecule has 4 rings (SSSR count). The van der Waals surface area contributed by atoms with Gasteiger partial charge >= 0.3 is 0 Å². The molecule has 1 aromatic carbocycles. The van der Waals surface area contributed by atoms with Crippen molar-refractivity contribution in [3.63, 3.8) is 0 Å². The molecule has 2 aliphatic heterocycles. The fourth-order valence-electron chi connectivity index (χ4n) is 2.63. The molecule has 0 amide bonds. The summed E-state index contributed by atoms with van der Waals surface area (Å²) in [7, 11) is 0. The largest absolute Gasteiger partial charge is 0.340 e. The van der Waals surface area contributed by atoms with Gasteiger partial charge in [-0.3, -0.25) is 5.43 Å². The number of hydrazone groups is 2. The van der Waals surface area contributed by atoms with E-state index >= 15 is 0 Å². The summed E-state index contributed by atoms with van der Waals surface area (Å²) in [5.74, 6) is 5.96. The highest BCUT2D eigenvalue weighted by atomic mass is 32.2. The molecular formula is C18H21N7S2.